The Labute approximate surface area is 200 Å². The molecule has 3 aromatic rings. The van der Waals surface area contributed by atoms with E-state index in [1.165, 1.54) is 0 Å². The Hall–Kier alpha value is -3.80. The van der Waals surface area contributed by atoms with Crippen LogP contribution in [0.15, 0.2) is 60.7 Å². The molecule has 6 nitrogen and oxygen atoms in total. The summed E-state index contributed by atoms with van der Waals surface area (Å²) in [4.78, 5) is 26.1. The van der Waals surface area contributed by atoms with Gasteiger partial charge >= 0.3 is 0 Å². The summed E-state index contributed by atoms with van der Waals surface area (Å²) in [5.41, 5.74) is 1.92. The number of hydrogen-bond acceptors (Lipinski definition) is 6. The van der Waals surface area contributed by atoms with Gasteiger partial charge in [0, 0.05) is 22.3 Å². The minimum absolute atomic E-state index is 0.164. The summed E-state index contributed by atoms with van der Waals surface area (Å²) in [6.07, 6.45) is 0. The molecule has 0 radical (unpaired) electrons. The molecule has 0 amide bonds. The van der Waals surface area contributed by atoms with E-state index in [1.54, 1.807) is 60.7 Å². The van der Waals surface area contributed by atoms with E-state index in [0.29, 0.717) is 71.7 Å². The number of ether oxygens (including phenoxy) is 4. The molecule has 34 heavy (non-hydrogen) atoms. The lowest BCUT2D eigenvalue weighted by atomic mass is 9.98. The first-order valence-electron chi connectivity index (χ1n) is 11.5. The van der Waals surface area contributed by atoms with Gasteiger partial charge in [0.15, 0.2) is 34.6 Å². The molecule has 0 saturated heterocycles. The maximum atomic E-state index is 13.0. The van der Waals surface area contributed by atoms with Crippen molar-refractivity contribution in [3.8, 4) is 23.0 Å². The van der Waals surface area contributed by atoms with Crippen LogP contribution in [0, 0.1) is 0 Å². The lowest BCUT2D eigenvalue weighted by Crippen LogP contribution is -2.06. The molecular weight excluding hydrogens is 432 g/mol. The van der Waals surface area contributed by atoms with E-state index in [2.05, 4.69) is 0 Å². The summed E-state index contributed by atoms with van der Waals surface area (Å²) in [5.74, 6) is 1.93. The third-order valence-corrected chi connectivity index (χ3v) is 5.02. The van der Waals surface area contributed by atoms with E-state index in [1.807, 2.05) is 27.7 Å². The fourth-order valence-corrected chi connectivity index (χ4v) is 3.49. The highest BCUT2D eigenvalue weighted by Gasteiger charge is 2.16. The number of ketones is 2. The molecule has 0 aromatic heterocycles. The summed E-state index contributed by atoms with van der Waals surface area (Å²) >= 11 is 0. The zero-order valence-corrected chi connectivity index (χ0v) is 20.1. The highest BCUT2D eigenvalue weighted by atomic mass is 16.5. The Morgan fingerprint density at radius 3 is 1.09 bits per heavy atom. The summed E-state index contributed by atoms with van der Waals surface area (Å²) in [5, 5.41) is 0. The van der Waals surface area contributed by atoms with Crippen molar-refractivity contribution in [1.29, 1.82) is 0 Å². The van der Waals surface area contributed by atoms with Crippen molar-refractivity contribution in [3.05, 3.63) is 82.9 Å². The fourth-order valence-electron chi connectivity index (χ4n) is 3.49. The second-order valence-electron chi connectivity index (χ2n) is 7.29. The van der Waals surface area contributed by atoms with Gasteiger partial charge in [-0.3, -0.25) is 9.59 Å². The normalized spacial score (nSPS) is 10.5. The van der Waals surface area contributed by atoms with Gasteiger partial charge in [-0.2, -0.15) is 0 Å². The largest absolute Gasteiger partial charge is 0.490 e. The highest BCUT2D eigenvalue weighted by molar-refractivity contribution is 6.12. The average Bonchev–Trinajstić information content (AvgIpc) is 2.86. The first-order chi connectivity index (χ1) is 16.5. The Kier molecular flexibility index (Phi) is 8.68. The molecule has 3 aromatic carbocycles. The van der Waals surface area contributed by atoms with Crippen LogP contribution in [0.1, 0.15) is 59.5 Å². The zero-order valence-electron chi connectivity index (χ0n) is 20.1. The molecule has 0 aliphatic heterocycles. The number of hydrogen-bond donors (Lipinski definition) is 0. The van der Waals surface area contributed by atoms with Crippen molar-refractivity contribution in [2.45, 2.75) is 27.7 Å². The molecule has 0 heterocycles. The van der Waals surface area contributed by atoms with E-state index in [9.17, 15) is 9.59 Å². The van der Waals surface area contributed by atoms with Crippen LogP contribution in [0.4, 0.5) is 0 Å². The van der Waals surface area contributed by atoms with E-state index in [4.69, 9.17) is 18.9 Å². The second-order valence-corrected chi connectivity index (χ2v) is 7.29. The highest BCUT2D eigenvalue weighted by Crippen LogP contribution is 2.31. The van der Waals surface area contributed by atoms with Crippen LogP contribution in [0.5, 0.6) is 23.0 Å². The first kappa shape index (κ1) is 24.8. The van der Waals surface area contributed by atoms with Crippen molar-refractivity contribution in [1.82, 2.24) is 0 Å². The van der Waals surface area contributed by atoms with Crippen molar-refractivity contribution in [2.75, 3.05) is 26.4 Å². The van der Waals surface area contributed by atoms with Gasteiger partial charge in [-0.25, -0.2) is 0 Å². The van der Waals surface area contributed by atoms with Gasteiger partial charge < -0.3 is 18.9 Å². The molecule has 0 fully saturated rings. The molecule has 178 valence electrons. The molecular formula is C28H30O6. The molecule has 0 spiro atoms. The van der Waals surface area contributed by atoms with Crippen LogP contribution in [0.2, 0.25) is 0 Å². The molecule has 6 heteroatoms. The molecule has 0 atom stereocenters. The van der Waals surface area contributed by atoms with Gasteiger partial charge in [-0.05, 0) is 64.1 Å². The van der Waals surface area contributed by atoms with Crippen LogP contribution < -0.4 is 18.9 Å². The zero-order chi connectivity index (χ0) is 24.5. The van der Waals surface area contributed by atoms with E-state index >= 15 is 0 Å². The SMILES string of the molecule is CCOc1ccc(C(=O)c2ccc(C(=O)c3ccc(OCC)c(OCC)c3)cc2)cc1OCC. The lowest BCUT2D eigenvalue weighted by Gasteiger charge is -2.13. The summed E-state index contributed by atoms with van der Waals surface area (Å²) in [6.45, 7) is 9.47. The van der Waals surface area contributed by atoms with Crippen LogP contribution in [-0.4, -0.2) is 38.0 Å². The van der Waals surface area contributed by atoms with E-state index in [0.717, 1.165) is 0 Å². The molecule has 3 rings (SSSR count). The Bertz CT molecular complexity index is 1040. The molecule has 0 aliphatic rings. The van der Waals surface area contributed by atoms with Crippen LogP contribution in [0.3, 0.4) is 0 Å². The van der Waals surface area contributed by atoms with Crippen LogP contribution in [-0.2, 0) is 0 Å². The quantitative estimate of drug-likeness (QED) is 0.320. The predicted octanol–water partition coefficient (Wildman–Crippen LogP) is 5.74. The molecule has 0 bridgehead atoms. The van der Waals surface area contributed by atoms with Gasteiger partial charge in [0.2, 0.25) is 0 Å². The fraction of sp³-hybridized carbons (Fsp3) is 0.286. The Morgan fingerprint density at radius 2 is 0.765 bits per heavy atom. The third-order valence-electron chi connectivity index (χ3n) is 5.02. The minimum Gasteiger partial charge on any atom is -0.490 e. The molecule has 0 aliphatic carbocycles. The third kappa shape index (κ3) is 5.76. The van der Waals surface area contributed by atoms with E-state index in [-0.39, 0.29) is 11.6 Å². The van der Waals surface area contributed by atoms with Gasteiger partial charge in [-0.1, -0.05) is 24.3 Å². The number of carbonyl (C=O) groups excluding carboxylic acids is 2. The lowest BCUT2D eigenvalue weighted by molar-refractivity contribution is 0.102. The predicted molar refractivity (Wildman–Crippen MR) is 131 cm³/mol. The van der Waals surface area contributed by atoms with Gasteiger partial charge in [0.25, 0.3) is 0 Å². The second kappa shape index (κ2) is 11.9. The maximum absolute atomic E-state index is 13.0. The summed E-state index contributed by atoms with van der Waals surface area (Å²) in [6, 6.07) is 16.9. The summed E-state index contributed by atoms with van der Waals surface area (Å²) in [7, 11) is 0. The van der Waals surface area contributed by atoms with Gasteiger partial charge in [-0.15, -0.1) is 0 Å². The average molecular weight is 463 g/mol. The number of benzene rings is 3. The van der Waals surface area contributed by atoms with Gasteiger partial charge in [0.05, 0.1) is 26.4 Å². The van der Waals surface area contributed by atoms with Crippen molar-refractivity contribution in [3.63, 3.8) is 0 Å². The molecule has 0 saturated carbocycles. The first-order valence-corrected chi connectivity index (χ1v) is 11.5. The van der Waals surface area contributed by atoms with Gasteiger partial charge in [0.1, 0.15) is 0 Å². The Balaban J connectivity index is 1.82. The standard InChI is InChI=1S/C28H30O6/c1-5-31-23-15-13-21(17-25(23)33-7-3)27(29)19-9-11-20(12-10-19)28(30)22-14-16-24(32-6-2)26(18-22)34-8-4/h9-18H,5-8H2,1-4H3. The van der Waals surface area contributed by atoms with Crippen molar-refractivity contribution in [2.24, 2.45) is 0 Å². The smallest absolute Gasteiger partial charge is 0.193 e. The van der Waals surface area contributed by atoms with Crippen molar-refractivity contribution >= 4 is 11.6 Å². The summed E-state index contributed by atoms with van der Waals surface area (Å²) < 4.78 is 22.4. The Morgan fingerprint density at radius 1 is 0.471 bits per heavy atom. The minimum atomic E-state index is -0.164. The number of carbonyl (C=O) groups is 2. The maximum Gasteiger partial charge on any atom is 0.193 e. The molecule has 0 unspecified atom stereocenters. The van der Waals surface area contributed by atoms with Crippen LogP contribution in [0.25, 0.3) is 0 Å². The topological polar surface area (TPSA) is 71.1 Å². The monoisotopic (exact) mass is 462 g/mol. The number of rotatable bonds is 12. The van der Waals surface area contributed by atoms with Crippen molar-refractivity contribution < 1.29 is 28.5 Å². The molecule has 0 N–H and O–H groups in total. The van der Waals surface area contributed by atoms with E-state index < -0.39 is 0 Å². The van der Waals surface area contributed by atoms with Crippen LogP contribution >= 0.6 is 0 Å².